The second-order valence-electron chi connectivity index (χ2n) is 8.52. The van der Waals surface area contributed by atoms with Crippen molar-refractivity contribution in [3.8, 4) is 5.75 Å². The van der Waals surface area contributed by atoms with E-state index in [1.165, 1.54) is 0 Å². The molecule has 0 aromatic heterocycles. The van der Waals surface area contributed by atoms with E-state index in [9.17, 15) is 9.59 Å². The van der Waals surface area contributed by atoms with E-state index >= 15 is 0 Å². The van der Waals surface area contributed by atoms with Gasteiger partial charge in [0.15, 0.2) is 0 Å². The molecule has 174 valence electrons. The molecule has 0 saturated heterocycles. The van der Waals surface area contributed by atoms with Crippen LogP contribution in [-0.2, 0) is 14.3 Å². The SMILES string of the molecule is COCCN(CC(=O)N1N=C(c2ccc(OC)cc2)C[C@@H]1c1ccccc1)C(=O)C1CCC1. The van der Waals surface area contributed by atoms with Crippen LogP contribution in [0.5, 0.6) is 5.75 Å². The summed E-state index contributed by atoms with van der Waals surface area (Å²) < 4.78 is 10.4. The first-order valence-electron chi connectivity index (χ1n) is 11.5. The van der Waals surface area contributed by atoms with E-state index in [1.807, 2.05) is 54.6 Å². The summed E-state index contributed by atoms with van der Waals surface area (Å²) in [6.07, 6.45) is 3.47. The molecule has 0 radical (unpaired) electrons. The van der Waals surface area contributed by atoms with Gasteiger partial charge in [0.05, 0.1) is 25.5 Å². The predicted molar refractivity (Wildman–Crippen MR) is 126 cm³/mol. The van der Waals surface area contributed by atoms with Gasteiger partial charge < -0.3 is 14.4 Å². The molecule has 1 aliphatic carbocycles. The fourth-order valence-electron chi connectivity index (χ4n) is 4.25. The van der Waals surface area contributed by atoms with Crippen molar-refractivity contribution in [3.05, 3.63) is 65.7 Å². The monoisotopic (exact) mass is 449 g/mol. The van der Waals surface area contributed by atoms with E-state index in [0.717, 1.165) is 41.9 Å². The Morgan fingerprint density at radius 1 is 1.06 bits per heavy atom. The van der Waals surface area contributed by atoms with Gasteiger partial charge in [-0.1, -0.05) is 36.8 Å². The molecule has 1 saturated carbocycles. The molecule has 2 aromatic carbocycles. The fraction of sp³-hybridized carbons (Fsp3) is 0.423. The van der Waals surface area contributed by atoms with Crippen molar-refractivity contribution in [2.45, 2.75) is 31.7 Å². The summed E-state index contributed by atoms with van der Waals surface area (Å²) in [5.74, 6) is 0.655. The highest BCUT2D eigenvalue weighted by Crippen LogP contribution is 2.34. The van der Waals surface area contributed by atoms with E-state index in [2.05, 4.69) is 0 Å². The molecule has 0 unspecified atom stereocenters. The van der Waals surface area contributed by atoms with Crippen molar-refractivity contribution >= 4 is 17.5 Å². The number of carbonyl (C=O) groups excluding carboxylic acids is 2. The topological polar surface area (TPSA) is 71.4 Å². The van der Waals surface area contributed by atoms with Crippen molar-refractivity contribution in [1.82, 2.24) is 9.91 Å². The normalized spacial score (nSPS) is 17.9. The van der Waals surface area contributed by atoms with E-state index in [1.54, 1.807) is 24.1 Å². The number of rotatable bonds is 9. The Labute approximate surface area is 195 Å². The minimum Gasteiger partial charge on any atom is -0.497 e. The molecule has 1 atom stereocenters. The molecule has 1 fully saturated rings. The van der Waals surface area contributed by atoms with Gasteiger partial charge in [-0.05, 0) is 48.2 Å². The largest absolute Gasteiger partial charge is 0.497 e. The van der Waals surface area contributed by atoms with E-state index < -0.39 is 0 Å². The molecule has 1 aliphatic heterocycles. The molecule has 0 spiro atoms. The van der Waals surface area contributed by atoms with Gasteiger partial charge in [0.25, 0.3) is 5.91 Å². The van der Waals surface area contributed by atoms with Crippen LogP contribution >= 0.6 is 0 Å². The zero-order chi connectivity index (χ0) is 23.2. The van der Waals surface area contributed by atoms with E-state index in [0.29, 0.717) is 19.6 Å². The molecule has 4 rings (SSSR count). The van der Waals surface area contributed by atoms with Crippen molar-refractivity contribution in [3.63, 3.8) is 0 Å². The van der Waals surface area contributed by atoms with Crippen LogP contribution in [0.4, 0.5) is 0 Å². The van der Waals surface area contributed by atoms with E-state index in [4.69, 9.17) is 14.6 Å². The molecule has 0 bridgehead atoms. The molecule has 33 heavy (non-hydrogen) atoms. The number of hydrazone groups is 1. The number of nitrogens with zero attached hydrogens (tertiary/aromatic N) is 3. The van der Waals surface area contributed by atoms with Gasteiger partial charge >= 0.3 is 0 Å². The zero-order valence-corrected chi connectivity index (χ0v) is 19.3. The fourth-order valence-corrected chi connectivity index (χ4v) is 4.25. The van der Waals surface area contributed by atoms with Crippen LogP contribution in [0.25, 0.3) is 0 Å². The molecular formula is C26H31N3O4. The third kappa shape index (κ3) is 5.25. The van der Waals surface area contributed by atoms with Crippen LogP contribution in [0.1, 0.15) is 42.9 Å². The van der Waals surface area contributed by atoms with Crippen molar-refractivity contribution in [2.24, 2.45) is 11.0 Å². The summed E-state index contributed by atoms with van der Waals surface area (Å²) in [6, 6.07) is 17.4. The van der Waals surface area contributed by atoms with Crippen molar-refractivity contribution in [1.29, 1.82) is 0 Å². The summed E-state index contributed by atoms with van der Waals surface area (Å²) in [7, 11) is 3.24. The zero-order valence-electron chi connectivity index (χ0n) is 19.3. The number of carbonyl (C=O) groups is 2. The number of ether oxygens (including phenoxy) is 2. The first kappa shape index (κ1) is 23.0. The predicted octanol–water partition coefficient (Wildman–Crippen LogP) is 3.65. The van der Waals surface area contributed by atoms with E-state index in [-0.39, 0.29) is 30.3 Å². The van der Waals surface area contributed by atoms with Gasteiger partial charge in [-0.2, -0.15) is 5.10 Å². The van der Waals surface area contributed by atoms with Crippen LogP contribution in [0.15, 0.2) is 59.7 Å². The molecule has 1 heterocycles. The molecule has 2 amide bonds. The maximum Gasteiger partial charge on any atom is 0.262 e. The first-order chi connectivity index (χ1) is 16.1. The summed E-state index contributed by atoms with van der Waals surface area (Å²) in [5, 5.41) is 6.29. The Morgan fingerprint density at radius 3 is 2.39 bits per heavy atom. The van der Waals surface area contributed by atoms with Crippen LogP contribution in [0, 0.1) is 5.92 Å². The highest BCUT2D eigenvalue weighted by Gasteiger charge is 2.36. The van der Waals surface area contributed by atoms with Crippen LogP contribution < -0.4 is 4.74 Å². The lowest BCUT2D eigenvalue weighted by Crippen LogP contribution is -2.46. The minimum atomic E-state index is -0.209. The second-order valence-corrected chi connectivity index (χ2v) is 8.52. The van der Waals surface area contributed by atoms with Crippen molar-refractivity contribution in [2.75, 3.05) is 33.9 Å². The highest BCUT2D eigenvalue weighted by atomic mass is 16.5. The standard InChI is InChI=1S/C26H31N3O4/c1-32-16-15-28(26(31)21-9-6-10-21)18-25(30)29-24(20-7-4-3-5-8-20)17-23(27-29)19-11-13-22(33-2)14-12-19/h3-5,7-8,11-14,21,24H,6,9-10,15-18H2,1-2H3/t24-/m1/s1. The summed E-state index contributed by atoms with van der Waals surface area (Å²) in [4.78, 5) is 28.0. The third-order valence-electron chi connectivity index (χ3n) is 6.43. The second kappa shape index (κ2) is 10.6. The molecule has 2 aliphatic rings. The van der Waals surface area contributed by atoms with Crippen LogP contribution in [0.2, 0.25) is 0 Å². The molecule has 7 nitrogen and oxygen atoms in total. The van der Waals surface area contributed by atoms with Gasteiger partial charge in [0.1, 0.15) is 12.3 Å². The maximum atomic E-state index is 13.5. The van der Waals surface area contributed by atoms with Gasteiger partial charge in [0.2, 0.25) is 5.91 Å². The smallest absolute Gasteiger partial charge is 0.262 e. The van der Waals surface area contributed by atoms with Crippen molar-refractivity contribution < 1.29 is 19.1 Å². The number of methoxy groups -OCH3 is 2. The number of amides is 2. The summed E-state index contributed by atoms with van der Waals surface area (Å²) in [6.45, 7) is 0.798. The lowest BCUT2D eigenvalue weighted by molar-refractivity contribution is -0.146. The van der Waals surface area contributed by atoms with Gasteiger partial charge in [-0.25, -0.2) is 5.01 Å². The lowest BCUT2D eigenvalue weighted by atomic mass is 9.84. The third-order valence-corrected chi connectivity index (χ3v) is 6.43. The highest BCUT2D eigenvalue weighted by molar-refractivity contribution is 6.03. The summed E-state index contributed by atoms with van der Waals surface area (Å²) >= 11 is 0. The maximum absolute atomic E-state index is 13.5. The number of hydrogen-bond donors (Lipinski definition) is 0. The quantitative estimate of drug-likeness (QED) is 0.586. The van der Waals surface area contributed by atoms with Gasteiger partial charge in [-0.15, -0.1) is 0 Å². The van der Waals surface area contributed by atoms with Crippen LogP contribution in [0.3, 0.4) is 0 Å². The Balaban J connectivity index is 1.57. The minimum absolute atomic E-state index is 0.00141. The Kier molecular flexibility index (Phi) is 7.40. The molecule has 2 aromatic rings. The molecule has 0 N–H and O–H groups in total. The number of hydrogen-bond acceptors (Lipinski definition) is 5. The Hall–Kier alpha value is -3.19. The summed E-state index contributed by atoms with van der Waals surface area (Å²) in [5.41, 5.74) is 2.81. The van der Waals surface area contributed by atoms with Gasteiger partial charge in [-0.3, -0.25) is 9.59 Å². The van der Waals surface area contributed by atoms with Crippen LogP contribution in [-0.4, -0.2) is 61.4 Å². The Morgan fingerprint density at radius 2 is 1.79 bits per heavy atom. The number of benzene rings is 2. The average Bonchev–Trinajstić information content (AvgIpc) is 3.27. The Bertz CT molecular complexity index is 986. The molecule has 7 heteroatoms. The average molecular weight is 450 g/mol. The molecular weight excluding hydrogens is 418 g/mol. The first-order valence-corrected chi connectivity index (χ1v) is 11.5. The van der Waals surface area contributed by atoms with Gasteiger partial charge in [0, 0.05) is 26.0 Å². The lowest BCUT2D eigenvalue weighted by Gasteiger charge is -2.32.